The minimum Gasteiger partial charge on any atom is -0.504 e. The van der Waals surface area contributed by atoms with E-state index in [0.717, 1.165) is 5.56 Å². The summed E-state index contributed by atoms with van der Waals surface area (Å²) in [5, 5.41) is 25.5. The van der Waals surface area contributed by atoms with Gasteiger partial charge in [-0.15, -0.1) is 10.2 Å². The summed E-state index contributed by atoms with van der Waals surface area (Å²) in [6, 6.07) is 14.1. The number of phenols is 1. The van der Waals surface area contributed by atoms with Crippen LogP contribution in [0, 0.1) is 0 Å². The van der Waals surface area contributed by atoms with Gasteiger partial charge in [-0.05, 0) is 35.9 Å². The van der Waals surface area contributed by atoms with Crippen LogP contribution in [0.4, 0.5) is 0 Å². The third-order valence-corrected chi connectivity index (χ3v) is 3.46. The van der Waals surface area contributed by atoms with Crippen LogP contribution in [-0.2, 0) is 11.3 Å². The molecule has 27 heavy (non-hydrogen) atoms. The van der Waals surface area contributed by atoms with Crippen molar-refractivity contribution >= 4 is 12.1 Å². The smallest absolute Gasteiger partial charge is 0.263 e. The molecule has 0 aliphatic rings. The second kappa shape index (κ2) is 8.56. The average molecular weight is 366 g/mol. The third-order valence-electron chi connectivity index (χ3n) is 3.46. The van der Waals surface area contributed by atoms with Crippen LogP contribution >= 0.6 is 0 Å². The molecule has 2 N–H and O–H groups in total. The van der Waals surface area contributed by atoms with Crippen LogP contribution in [0.5, 0.6) is 11.5 Å². The van der Waals surface area contributed by atoms with E-state index in [1.165, 1.54) is 17.1 Å². The van der Waals surface area contributed by atoms with Crippen molar-refractivity contribution in [2.75, 3.05) is 6.61 Å². The van der Waals surface area contributed by atoms with Crippen LogP contribution in [0.1, 0.15) is 12.5 Å². The second-order valence-corrected chi connectivity index (χ2v) is 5.46. The Morgan fingerprint density at radius 1 is 1.30 bits per heavy atom. The van der Waals surface area contributed by atoms with Gasteiger partial charge in [0.05, 0.1) is 12.8 Å². The van der Waals surface area contributed by atoms with Gasteiger partial charge in [0.1, 0.15) is 6.54 Å². The molecule has 0 atom stereocenters. The van der Waals surface area contributed by atoms with Crippen molar-refractivity contribution in [2.24, 2.45) is 5.10 Å². The Labute approximate surface area is 155 Å². The number of tetrazole rings is 1. The summed E-state index contributed by atoms with van der Waals surface area (Å²) in [6.07, 6.45) is 1.45. The van der Waals surface area contributed by atoms with Gasteiger partial charge in [-0.25, -0.2) is 5.43 Å². The molecule has 0 saturated carbocycles. The number of ether oxygens (including phenoxy) is 1. The topological polar surface area (TPSA) is 115 Å². The molecule has 0 aliphatic heterocycles. The number of aromatic nitrogens is 4. The zero-order valence-electron chi connectivity index (χ0n) is 14.6. The summed E-state index contributed by atoms with van der Waals surface area (Å²) in [5.74, 6) is 0.448. The Balaban J connectivity index is 1.56. The van der Waals surface area contributed by atoms with Gasteiger partial charge in [0.25, 0.3) is 5.91 Å². The van der Waals surface area contributed by atoms with Crippen LogP contribution in [0.3, 0.4) is 0 Å². The summed E-state index contributed by atoms with van der Waals surface area (Å²) in [5.41, 5.74) is 3.88. The minimum atomic E-state index is -0.396. The number of amides is 1. The predicted molar refractivity (Wildman–Crippen MR) is 98.3 cm³/mol. The molecule has 2 aromatic carbocycles. The van der Waals surface area contributed by atoms with Crippen LogP contribution in [0.15, 0.2) is 53.6 Å². The number of hydrogen-bond acceptors (Lipinski definition) is 7. The van der Waals surface area contributed by atoms with Gasteiger partial charge in [0, 0.05) is 5.56 Å². The van der Waals surface area contributed by atoms with Gasteiger partial charge in [-0.3, -0.25) is 4.79 Å². The van der Waals surface area contributed by atoms with E-state index in [1.807, 2.05) is 37.3 Å². The standard InChI is InChI=1S/C18H18N6O3/c1-2-27-16-10-13(8-9-15(16)25)11-19-20-17(26)12-24-22-18(21-23-24)14-6-4-3-5-7-14/h3-11,25H,2,12H2,1H3,(H,20,26)/b19-11-. The lowest BCUT2D eigenvalue weighted by atomic mass is 10.2. The maximum absolute atomic E-state index is 12.0. The van der Waals surface area contributed by atoms with E-state index in [4.69, 9.17) is 4.74 Å². The van der Waals surface area contributed by atoms with E-state index in [2.05, 4.69) is 25.9 Å². The molecular weight excluding hydrogens is 348 g/mol. The zero-order chi connectivity index (χ0) is 19.1. The predicted octanol–water partition coefficient (Wildman–Crippen LogP) is 1.59. The number of hydrazone groups is 1. The van der Waals surface area contributed by atoms with Crippen molar-refractivity contribution in [3.63, 3.8) is 0 Å². The monoisotopic (exact) mass is 366 g/mol. The number of nitrogens with zero attached hydrogens (tertiary/aromatic N) is 5. The molecule has 3 aromatic rings. The highest BCUT2D eigenvalue weighted by Crippen LogP contribution is 2.26. The lowest BCUT2D eigenvalue weighted by Crippen LogP contribution is -2.24. The maximum atomic E-state index is 12.0. The fourth-order valence-electron chi connectivity index (χ4n) is 2.24. The number of nitrogens with one attached hydrogen (secondary N) is 1. The van der Waals surface area contributed by atoms with Crippen molar-refractivity contribution in [1.82, 2.24) is 25.6 Å². The number of carbonyl (C=O) groups excluding carboxylic acids is 1. The van der Waals surface area contributed by atoms with Crippen LogP contribution in [-0.4, -0.2) is 44.0 Å². The van der Waals surface area contributed by atoms with Crippen molar-refractivity contribution in [2.45, 2.75) is 13.5 Å². The molecule has 0 fully saturated rings. The summed E-state index contributed by atoms with van der Waals surface area (Å²) in [6.45, 7) is 2.14. The molecule has 1 aromatic heterocycles. The first-order valence-electron chi connectivity index (χ1n) is 8.26. The number of aromatic hydroxyl groups is 1. The second-order valence-electron chi connectivity index (χ2n) is 5.46. The minimum absolute atomic E-state index is 0.0458. The largest absolute Gasteiger partial charge is 0.504 e. The molecule has 0 unspecified atom stereocenters. The molecule has 3 rings (SSSR count). The Morgan fingerprint density at radius 2 is 2.11 bits per heavy atom. The number of benzene rings is 2. The SMILES string of the molecule is CCOc1cc(/C=N\NC(=O)Cn2nnc(-c3ccccc3)n2)ccc1O. The van der Waals surface area contributed by atoms with E-state index < -0.39 is 5.91 Å². The first-order valence-corrected chi connectivity index (χ1v) is 8.26. The molecule has 0 saturated heterocycles. The number of hydrogen-bond donors (Lipinski definition) is 2. The van der Waals surface area contributed by atoms with E-state index in [9.17, 15) is 9.90 Å². The molecule has 1 amide bonds. The van der Waals surface area contributed by atoms with E-state index in [0.29, 0.717) is 23.7 Å². The quantitative estimate of drug-likeness (QED) is 0.485. The normalized spacial score (nSPS) is 10.9. The lowest BCUT2D eigenvalue weighted by molar-refractivity contribution is -0.122. The Hall–Kier alpha value is -3.75. The van der Waals surface area contributed by atoms with Gasteiger partial charge in [0.2, 0.25) is 5.82 Å². The fourth-order valence-corrected chi connectivity index (χ4v) is 2.24. The first kappa shape index (κ1) is 18.1. The number of phenolic OH excluding ortho intramolecular Hbond substituents is 1. The van der Waals surface area contributed by atoms with Crippen LogP contribution < -0.4 is 10.2 Å². The summed E-state index contributed by atoms with van der Waals surface area (Å²) in [4.78, 5) is 13.1. The zero-order valence-corrected chi connectivity index (χ0v) is 14.6. The number of carbonyl (C=O) groups is 1. The van der Waals surface area contributed by atoms with Crippen molar-refractivity contribution in [3.8, 4) is 22.9 Å². The van der Waals surface area contributed by atoms with Crippen molar-refractivity contribution < 1.29 is 14.6 Å². The molecule has 1 heterocycles. The highest BCUT2D eigenvalue weighted by molar-refractivity contribution is 5.83. The highest BCUT2D eigenvalue weighted by atomic mass is 16.5. The molecule has 9 nitrogen and oxygen atoms in total. The van der Waals surface area contributed by atoms with E-state index in [-0.39, 0.29) is 12.3 Å². The van der Waals surface area contributed by atoms with Gasteiger partial charge < -0.3 is 9.84 Å². The highest BCUT2D eigenvalue weighted by Gasteiger charge is 2.08. The molecule has 0 spiro atoms. The Kier molecular flexibility index (Phi) is 5.73. The van der Waals surface area contributed by atoms with Crippen molar-refractivity contribution in [1.29, 1.82) is 0 Å². The molecular formula is C18H18N6O3. The van der Waals surface area contributed by atoms with Crippen LogP contribution in [0.25, 0.3) is 11.4 Å². The summed E-state index contributed by atoms with van der Waals surface area (Å²) < 4.78 is 5.30. The van der Waals surface area contributed by atoms with Gasteiger partial charge in [-0.2, -0.15) is 9.90 Å². The van der Waals surface area contributed by atoms with Gasteiger partial charge in [-0.1, -0.05) is 30.3 Å². The van der Waals surface area contributed by atoms with Gasteiger partial charge >= 0.3 is 0 Å². The van der Waals surface area contributed by atoms with E-state index in [1.54, 1.807) is 12.1 Å². The molecule has 138 valence electrons. The summed E-state index contributed by atoms with van der Waals surface area (Å²) in [7, 11) is 0. The number of rotatable bonds is 7. The Bertz CT molecular complexity index is 939. The fraction of sp³-hybridized carbons (Fsp3) is 0.167. The van der Waals surface area contributed by atoms with Crippen molar-refractivity contribution in [3.05, 3.63) is 54.1 Å². The van der Waals surface area contributed by atoms with Gasteiger partial charge in [0.15, 0.2) is 11.5 Å². The lowest BCUT2D eigenvalue weighted by Gasteiger charge is -2.05. The third kappa shape index (κ3) is 4.88. The maximum Gasteiger partial charge on any atom is 0.263 e. The summed E-state index contributed by atoms with van der Waals surface area (Å²) >= 11 is 0. The molecule has 0 bridgehead atoms. The van der Waals surface area contributed by atoms with Crippen LogP contribution in [0.2, 0.25) is 0 Å². The first-order chi connectivity index (χ1) is 13.2. The van der Waals surface area contributed by atoms with E-state index >= 15 is 0 Å². The molecule has 0 aliphatic carbocycles. The molecule has 9 heteroatoms. The Morgan fingerprint density at radius 3 is 2.89 bits per heavy atom. The average Bonchev–Trinajstić information content (AvgIpc) is 3.13. The molecule has 0 radical (unpaired) electrons.